The molecule has 0 saturated heterocycles. The molecule has 0 unspecified atom stereocenters. The van der Waals surface area contributed by atoms with E-state index in [4.69, 9.17) is 0 Å². The van der Waals surface area contributed by atoms with Crippen molar-refractivity contribution in [2.24, 2.45) is 0 Å². The molecule has 3 heterocycles. The number of hydrogen-bond donors (Lipinski definition) is 1. The Morgan fingerprint density at radius 1 is 1.16 bits per heavy atom. The topological polar surface area (TPSA) is 60.6 Å². The fourth-order valence-electron chi connectivity index (χ4n) is 3.43. The van der Waals surface area contributed by atoms with Crippen molar-refractivity contribution >= 4 is 0 Å². The fraction of sp³-hybridized carbons (Fsp3) is 0.421. The summed E-state index contributed by atoms with van der Waals surface area (Å²) in [5.74, 6) is 2.22. The van der Waals surface area contributed by atoms with E-state index in [2.05, 4.69) is 62.6 Å². The summed E-state index contributed by atoms with van der Waals surface area (Å²) in [6.45, 7) is 4.76. The standard InChI is InChI=1S/C19H24N6/c1-2-18-22-23-19-9-8-17(14-25(18)19)20-10-16-11-21-24(13-16)12-15-6-4-3-5-7-15/h3-7,11,13,17,20H,2,8-10,12,14H2,1H3/t17-/m0/s1. The van der Waals surface area contributed by atoms with E-state index < -0.39 is 0 Å². The molecule has 0 aliphatic carbocycles. The molecule has 1 atom stereocenters. The summed E-state index contributed by atoms with van der Waals surface area (Å²) in [6, 6.07) is 10.9. The SMILES string of the molecule is CCc1nnc2n1C[C@@H](NCc1cnn(Cc3ccccc3)c1)CC2. The molecule has 1 aliphatic heterocycles. The Bertz CT molecular complexity index is 806. The molecular formula is C19H24N6. The molecule has 6 heteroatoms. The van der Waals surface area contributed by atoms with E-state index in [1.807, 2.05) is 16.9 Å². The molecule has 1 N–H and O–H groups in total. The Labute approximate surface area is 147 Å². The second-order valence-corrected chi connectivity index (χ2v) is 6.64. The van der Waals surface area contributed by atoms with Crippen LogP contribution >= 0.6 is 0 Å². The summed E-state index contributed by atoms with van der Waals surface area (Å²) in [6.07, 6.45) is 7.13. The van der Waals surface area contributed by atoms with E-state index in [-0.39, 0.29) is 0 Å². The molecule has 130 valence electrons. The number of benzene rings is 1. The van der Waals surface area contributed by atoms with E-state index in [9.17, 15) is 0 Å². The van der Waals surface area contributed by atoms with Gasteiger partial charge >= 0.3 is 0 Å². The molecule has 1 aromatic carbocycles. The molecule has 0 spiro atoms. The van der Waals surface area contributed by atoms with Gasteiger partial charge in [0.25, 0.3) is 0 Å². The number of rotatable bonds is 6. The molecule has 0 fully saturated rings. The van der Waals surface area contributed by atoms with Crippen molar-refractivity contribution in [1.29, 1.82) is 0 Å². The number of nitrogens with zero attached hydrogens (tertiary/aromatic N) is 5. The Kier molecular flexibility index (Phi) is 4.61. The van der Waals surface area contributed by atoms with Crippen molar-refractivity contribution in [2.75, 3.05) is 0 Å². The largest absolute Gasteiger partial charge is 0.313 e. The van der Waals surface area contributed by atoms with Gasteiger partial charge in [-0.3, -0.25) is 4.68 Å². The Balaban J connectivity index is 1.33. The predicted molar refractivity (Wildman–Crippen MR) is 96.1 cm³/mol. The molecule has 25 heavy (non-hydrogen) atoms. The van der Waals surface area contributed by atoms with Gasteiger partial charge in [-0.25, -0.2) is 0 Å². The van der Waals surface area contributed by atoms with Gasteiger partial charge in [0, 0.05) is 43.7 Å². The first kappa shape index (κ1) is 16.0. The van der Waals surface area contributed by atoms with Crippen molar-refractivity contribution in [3.63, 3.8) is 0 Å². The molecule has 2 aromatic heterocycles. The molecule has 0 saturated carbocycles. The maximum Gasteiger partial charge on any atom is 0.133 e. The van der Waals surface area contributed by atoms with E-state index in [0.717, 1.165) is 50.5 Å². The molecular weight excluding hydrogens is 312 g/mol. The summed E-state index contributed by atoms with van der Waals surface area (Å²) in [5.41, 5.74) is 2.49. The Morgan fingerprint density at radius 3 is 2.88 bits per heavy atom. The van der Waals surface area contributed by atoms with Gasteiger partial charge < -0.3 is 9.88 Å². The minimum Gasteiger partial charge on any atom is -0.313 e. The van der Waals surface area contributed by atoms with Crippen LogP contribution in [-0.4, -0.2) is 30.6 Å². The zero-order chi connectivity index (χ0) is 17.1. The summed E-state index contributed by atoms with van der Waals surface area (Å²) >= 11 is 0. The summed E-state index contributed by atoms with van der Waals surface area (Å²) in [7, 11) is 0. The monoisotopic (exact) mass is 336 g/mol. The molecule has 6 nitrogen and oxygen atoms in total. The van der Waals surface area contributed by atoms with Gasteiger partial charge in [-0.2, -0.15) is 5.10 Å². The minimum atomic E-state index is 0.464. The first-order valence-corrected chi connectivity index (χ1v) is 9.01. The van der Waals surface area contributed by atoms with E-state index in [1.54, 1.807) is 0 Å². The van der Waals surface area contributed by atoms with Crippen LogP contribution in [-0.2, 0) is 32.5 Å². The second-order valence-electron chi connectivity index (χ2n) is 6.64. The molecule has 0 amide bonds. The Hall–Kier alpha value is -2.47. The van der Waals surface area contributed by atoms with Crippen LogP contribution < -0.4 is 5.32 Å². The third kappa shape index (κ3) is 3.64. The smallest absolute Gasteiger partial charge is 0.133 e. The first-order chi connectivity index (χ1) is 12.3. The maximum atomic E-state index is 4.48. The van der Waals surface area contributed by atoms with E-state index >= 15 is 0 Å². The quantitative estimate of drug-likeness (QED) is 0.750. The third-order valence-corrected chi connectivity index (χ3v) is 4.81. The summed E-state index contributed by atoms with van der Waals surface area (Å²) in [4.78, 5) is 0. The van der Waals surface area contributed by atoms with Gasteiger partial charge in [0.2, 0.25) is 0 Å². The summed E-state index contributed by atoms with van der Waals surface area (Å²) < 4.78 is 4.28. The van der Waals surface area contributed by atoms with Crippen LogP contribution in [0.25, 0.3) is 0 Å². The molecule has 1 aliphatic rings. The van der Waals surface area contributed by atoms with Crippen LogP contribution in [0.2, 0.25) is 0 Å². The van der Waals surface area contributed by atoms with Crippen LogP contribution in [0.15, 0.2) is 42.7 Å². The van der Waals surface area contributed by atoms with Crippen LogP contribution in [0.1, 0.15) is 36.1 Å². The fourth-order valence-corrected chi connectivity index (χ4v) is 3.43. The lowest BCUT2D eigenvalue weighted by Crippen LogP contribution is -2.37. The number of hydrogen-bond acceptors (Lipinski definition) is 4. The zero-order valence-corrected chi connectivity index (χ0v) is 14.6. The molecule has 0 radical (unpaired) electrons. The van der Waals surface area contributed by atoms with Gasteiger partial charge in [0.1, 0.15) is 11.6 Å². The van der Waals surface area contributed by atoms with Crippen LogP contribution in [0.3, 0.4) is 0 Å². The molecule has 4 rings (SSSR count). The number of aryl methyl sites for hydroxylation is 2. The van der Waals surface area contributed by atoms with Crippen LogP contribution in [0.4, 0.5) is 0 Å². The molecule has 3 aromatic rings. The van der Waals surface area contributed by atoms with Gasteiger partial charge in [0.15, 0.2) is 0 Å². The molecule has 0 bridgehead atoms. The van der Waals surface area contributed by atoms with Crippen LogP contribution in [0, 0.1) is 0 Å². The van der Waals surface area contributed by atoms with Crippen molar-refractivity contribution in [2.45, 2.75) is 51.9 Å². The van der Waals surface area contributed by atoms with Gasteiger partial charge in [0.05, 0.1) is 12.7 Å². The lowest BCUT2D eigenvalue weighted by Gasteiger charge is -2.25. The van der Waals surface area contributed by atoms with Gasteiger partial charge in [-0.15, -0.1) is 10.2 Å². The Morgan fingerprint density at radius 2 is 2.04 bits per heavy atom. The summed E-state index contributed by atoms with van der Waals surface area (Å²) in [5, 5.41) is 16.7. The van der Waals surface area contributed by atoms with Crippen molar-refractivity contribution in [3.05, 3.63) is 65.5 Å². The highest BCUT2D eigenvalue weighted by atomic mass is 15.3. The maximum absolute atomic E-state index is 4.48. The predicted octanol–water partition coefficient (Wildman–Crippen LogP) is 2.19. The van der Waals surface area contributed by atoms with Gasteiger partial charge in [-0.05, 0) is 12.0 Å². The number of fused-ring (bicyclic) bond motifs is 1. The lowest BCUT2D eigenvalue weighted by molar-refractivity contribution is 0.373. The first-order valence-electron chi connectivity index (χ1n) is 9.01. The average Bonchev–Trinajstić information content (AvgIpc) is 3.27. The average molecular weight is 336 g/mol. The highest BCUT2D eigenvalue weighted by Crippen LogP contribution is 2.16. The zero-order valence-electron chi connectivity index (χ0n) is 14.6. The lowest BCUT2D eigenvalue weighted by atomic mass is 10.1. The van der Waals surface area contributed by atoms with Crippen molar-refractivity contribution in [1.82, 2.24) is 29.9 Å². The highest BCUT2D eigenvalue weighted by molar-refractivity contribution is 5.15. The second kappa shape index (κ2) is 7.19. The number of nitrogens with one attached hydrogen (secondary N) is 1. The van der Waals surface area contributed by atoms with Crippen molar-refractivity contribution in [3.8, 4) is 0 Å². The normalized spacial score (nSPS) is 16.8. The van der Waals surface area contributed by atoms with Gasteiger partial charge in [-0.1, -0.05) is 37.3 Å². The van der Waals surface area contributed by atoms with Crippen molar-refractivity contribution < 1.29 is 0 Å². The third-order valence-electron chi connectivity index (χ3n) is 4.81. The van der Waals surface area contributed by atoms with E-state index in [1.165, 1.54) is 11.1 Å². The van der Waals surface area contributed by atoms with E-state index in [0.29, 0.717) is 6.04 Å². The highest BCUT2D eigenvalue weighted by Gasteiger charge is 2.21. The number of aromatic nitrogens is 5. The van der Waals surface area contributed by atoms with Crippen LogP contribution in [0.5, 0.6) is 0 Å². The minimum absolute atomic E-state index is 0.464.